The monoisotopic (exact) mass is 209 g/mol. The first-order chi connectivity index (χ1) is 5.73. The predicted molar refractivity (Wildman–Crippen MR) is 65.7 cm³/mol. The summed E-state index contributed by atoms with van der Waals surface area (Å²) in [6, 6.07) is 0.634. The third-order valence-corrected chi connectivity index (χ3v) is 0.577. The number of hydrogen-bond acceptors (Lipinski definition) is 3. The molecule has 0 heterocycles. The van der Waals surface area contributed by atoms with Crippen LogP contribution in [0.15, 0.2) is 0 Å². The number of aliphatic hydroxyl groups excluding tert-OH is 1. The number of rotatable bonds is 1. The summed E-state index contributed by atoms with van der Waals surface area (Å²) >= 11 is 3.97. The first-order valence-corrected chi connectivity index (χ1v) is 5.29. The van der Waals surface area contributed by atoms with E-state index < -0.39 is 0 Å². The largest absolute Gasteiger partial charge is 0.394 e. The first-order valence-electron chi connectivity index (χ1n) is 4.77. The number of thiol groups is 1. The van der Waals surface area contributed by atoms with Crippen LogP contribution in [0.4, 0.5) is 0 Å². The van der Waals surface area contributed by atoms with Crippen LogP contribution in [0.3, 0.4) is 0 Å². The quantitative estimate of drug-likeness (QED) is 0.579. The molecule has 0 aliphatic carbocycles. The van der Waals surface area contributed by atoms with Crippen LogP contribution in [-0.4, -0.2) is 29.5 Å². The van der Waals surface area contributed by atoms with E-state index in [9.17, 15) is 0 Å². The van der Waals surface area contributed by atoms with Crippen LogP contribution in [0, 0.1) is 0 Å². The van der Waals surface area contributed by atoms with Gasteiger partial charge < -0.3 is 10.4 Å². The predicted octanol–water partition coefficient (Wildman–Crippen LogP) is 2.33. The van der Waals surface area contributed by atoms with Crippen LogP contribution < -0.4 is 5.32 Å². The van der Waals surface area contributed by atoms with E-state index in [4.69, 9.17) is 5.11 Å². The third kappa shape index (κ3) is 251. The zero-order chi connectivity index (χ0) is 11.4. The van der Waals surface area contributed by atoms with Gasteiger partial charge in [-0.25, -0.2) is 0 Å². The van der Waals surface area contributed by atoms with Gasteiger partial charge in [-0.1, -0.05) is 27.7 Å². The van der Waals surface area contributed by atoms with E-state index >= 15 is 0 Å². The summed E-state index contributed by atoms with van der Waals surface area (Å²) in [5.41, 5.74) is 0. The van der Waals surface area contributed by atoms with Crippen molar-refractivity contribution in [3.63, 3.8) is 0 Å². The molecule has 0 aromatic rings. The minimum absolute atomic E-state index is 0.167. The topological polar surface area (TPSA) is 32.3 Å². The van der Waals surface area contributed by atoms with Crippen molar-refractivity contribution in [3.05, 3.63) is 0 Å². The fraction of sp³-hybridized carbons (Fsp3) is 1.00. The minimum Gasteiger partial charge on any atom is -0.394 e. The maximum absolute atomic E-state index is 8.06. The molecular weight excluding hydrogens is 182 g/mol. The molecule has 0 spiro atoms. The third-order valence-electron chi connectivity index (χ3n) is 0.577. The zero-order valence-electron chi connectivity index (χ0n) is 10.1. The van der Waals surface area contributed by atoms with E-state index in [1.54, 1.807) is 13.8 Å². The Morgan fingerprint density at radius 3 is 1.08 bits per heavy atom. The van der Waals surface area contributed by atoms with Crippen LogP contribution in [0.2, 0.25) is 0 Å². The van der Waals surface area contributed by atoms with Crippen molar-refractivity contribution in [2.45, 2.75) is 58.9 Å². The van der Waals surface area contributed by atoms with E-state index in [1.807, 2.05) is 20.9 Å². The van der Waals surface area contributed by atoms with Gasteiger partial charge in [0.15, 0.2) is 0 Å². The number of hydrogen-bond donors (Lipinski definition) is 3. The summed E-state index contributed by atoms with van der Waals surface area (Å²) in [4.78, 5) is 0. The maximum Gasteiger partial charge on any atom is 0.0483 e. The lowest BCUT2D eigenvalue weighted by molar-refractivity contribution is 0.216. The summed E-state index contributed by atoms with van der Waals surface area (Å²) in [6.07, 6.45) is -0.167. The van der Waals surface area contributed by atoms with Gasteiger partial charge in [-0.15, -0.1) is 0 Å². The van der Waals surface area contributed by atoms with Gasteiger partial charge in [0.1, 0.15) is 0 Å². The van der Waals surface area contributed by atoms with Crippen molar-refractivity contribution in [3.8, 4) is 0 Å². The van der Waals surface area contributed by atoms with Gasteiger partial charge in [-0.3, -0.25) is 0 Å². The fourth-order valence-electron chi connectivity index (χ4n) is 0. The Morgan fingerprint density at radius 1 is 1.00 bits per heavy atom. The molecule has 2 nitrogen and oxygen atoms in total. The molecule has 3 heteroatoms. The van der Waals surface area contributed by atoms with E-state index in [0.29, 0.717) is 11.3 Å². The molecule has 0 aliphatic heterocycles. The Morgan fingerprint density at radius 2 is 1.08 bits per heavy atom. The molecule has 0 rings (SSSR count). The number of nitrogens with one attached hydrogen (secondary N) is 1. The van der Waals surface area contributed by atoms with E-state index in [0.717, 1.165) is 0 Å². The normalized spacial score (nSPS) is 9.23. The highest BCUT2D eigenvalue weighted by molar-refractivity contribution is 7.80. The van der Waals surface area contributed by atoms with Crippen LogP contribution in [0.25, 0.3) is 0 Å². The van der Waals surface area contributed by atoms with Crippen LogP contribution in [-0.2, 0) is 0 Å². The molecule has 0 amide bonds. The molecule has 13 heavy (non-hydrogen) atoms. The second-order valence-electron chi connectivity index (χ2n) is 3.63. The van der Waals surface area contributed by atoms with Crippen molar-refractivity contribution in [2.75, 3.05) is 7.05 Å². The van der Waals surface area contributed by atoms with E-state index in [-0.39, 0.29) is 6.10 Å². The van der Waals surface area contributed by atoms with Crippen molar-refractivity contribution in [2.24, 2.45) is 0 Å². The van der Waals surface area contributed by atoms with Gasteiger partial charge in [0.05, 0.1) is 0 Å². The Balaban J connectivity index is -0.000000117. The summed E-state index contributed by atoms with van der Waals surface area (Å²) in [5.74, 6) is 0. The van der Waals surface area contributed by atoms with Gasteiger partial charge in [0, 0.05) is 12.1 Å². The minimum atomic E-state index is -0.167. The fourth-order valence-corrected chi connectivity index (χ4v) is 0. The molecule has 0 bridgehead atoms. The van der Waals surface area contributed by atoms with Gasteiger partial charge in [0.2, 0.25) is 0 Å². The van der Waals surface area contributed by atoms with Gasteiger partial charge >= 0.3 is 0 Å². The molecule has 0 aromatic heterocycles. The molecule has 84 valence electrons. The lowest BCUT2D eigenvalue weighted by Crippen LogP contribution is -2.15. The standard InChI is InChI=1S/C4H11N.C3H8O.C3H8S/c1-4(2)5-3;2*1-3(2)4/h4-5H,1-3H3;2*3-4H,1-2H3. The summed E-state index contributed by atoms with van der Waals surface area (Å²) in [5, 5.41) is 11.6. The summed E-state index contributed by atoms with van der Waals surface area (Å²) in [6.45, 7) is 11.7. The lowest BCUT2D eigenvalue weighted by atomic mass is 10.4. The SMILES string of the molecule is CC(C)O.CC(C)S.CNC(C)C. The summed E-state index contributed by atoms with van der Waals surface area (Å²) < 4.78 is 0. The average molecular weight is 209 g/mol. The lowest BCUT2D eigenvalue weighted by Gasteiger charge is -1.95. The molecular formula is C10H27NOS. The van der Waals surface area contributed by atoms with Gasteiger partial charge in [0.25, 0.3) is 0 Å². The molecule has 2 N–H and O–H groups in total. The molecule has 0 atom stereocenters. The smallest absolute Gasteiger partial charge is 0.0483 e. The van der Waals surface area contributed by atoms with Crippen molar-refractivity contribution in [1.82, 2.24) is 5.32 Å². The zero-order valence-corrected chi connectivity index (χ0v) is 11.0. The molecule has 0 aliphatic rings. The molecule has 0 radical (unpaired) electrons. The van der Waals surface area contributed by atoms with Gasteiger partial charge in [-0.05, 0) is 26.1 Å². The van der Waals surface area contributed by atoms with Crippen LogP contribution in [0.5, 0.6) is 0 Å². The highest BCUT2D eigenvalue weighted by Crippen LogP contribution is 1.83. The van der Waals surface area contributed by atoms with Crippen molar-refractivity contribution >= 4 is 12.6 Å². The Kier molecular flexibility index (Phi) is 21.5. The Hall–Kier alpha value is 0.270. The van der Waals surface area contributed by atoms with Crippen molar-refractivity contribution < 1.29 is 5.11 Å². The summed E-state index contributed by atoms with van der Waals surface area (Å²) in [7, 11) is 1.95. The highest BCUT2D eigenvalue weighted by atomic mass is 32.1. The van der Waals surface area contributed by atoms with Crippen LogP contribution >= 0.6 is 12.6 Å². The first kappa shape index (κ1) is 18.9. The molecule has 0 unspecified atom stereocenters. The van der Waals surface area contributed by atoms with Gasteiger partial charge in [-0.2, -0.15) is 12.6 Å². The molecule has 0 saturated heterocycles. The van der Waals surface area contributed by atoms with E-state index in [1.165, 1.54) is 0 Å². The average Bonchev–Trinajstić information content (AvgIpc) is 1.84. The van der Waals surface area contributed by atoms with Crippen molar-refractivity contribution in [1.29, 1.82) is 0 Å². The highest BCUT2D eigenvalue weighted by Gasteiger charge is 1.76. The Bertz CT molecular complexity index is 63.8. The molecule has 0 aromatic carbocycles. The number of aliphatic hydroxyl groups is 1. The van der Waals surface area contributed by atoms with E-state index in [2.05, 4.69) is 31.8 Å². The second-order valence-corrected chi connectivity index (χ2v) is 4.66. The maximum atomic E-state index is 8.06. The van der Waals surface area contributed by atoms with Crippen LogP contribution in [0.1, 0.15) is 41.5 Å². The molecule has 0 fully saturated rings. The Labute approximate surface area is 89.5 Å². The second kappa shape index (κ2) is 14.8. The molecule has 0 saturated carbocycles.